The molecule has 0 radical (unpaired) electrons. The number of aromatic nitrogens is 1. The summed E-state index contributed by atoms with van der Waals surface area (Å²) in [5.74, 6) is 0.663. The molecular weight excluding hydrogens is 260 g/mol. The zero-order valence-electron chi connectivity index (χ0n) is 13.9. The van der Waals surface area contributed by atoms with E-state index >= 15 is 0 Å². The van der Waals surface area contributed by atoms with Crippen molar-refractivity contribution in [3.05, 3.63) is 23.4 Å². The molecule has 2 heterocycles. The Morgan fingerprint density at radius 1 is 1.38 bits per heavy atom. The third kappa shape index (κ3) is 3.38. The summed E-state index contributed by atoms with van der Waals surface area (Å²) < 4.78 is 0. The molecule has 3 N–H and O–H groups in total. The summed E-state index contributed by atoms with van der Waals surface area (Å²) in [5, 5.41) is 3.72. The van der Waals surface area contributed by atoms with Crippen LogP contribution in [-0.2, 0) is 0 Å². The predicted molar refractivity (Wildman–Crippen MR) is 89.3 cm³/mol. The van der Waals surface area contributed by atoms with E-state index in [1.54, 1.807) is 6.20 Å². The molecule has 0 aromatic carbocycles. The minimum Gasteiger partial charge on any atom is -0.383 e. The first kappa shape index (κ1) is 16.2. The SMILES string of the molecule is CCCNC(c1c(C)ccnc1N)C(C)(C)N1CCCC1. The number of nitrogen functional groups attached to an aromatic ring is 1. The largest absolute Gasteiger partial charge is 0.383 e. The maximum Gasteiger partial charge on any atom is 0.128 e. The van der Waals surface area contributed by atoms with Crippen LogP contribution in [0.25, 0.3) is 0 Å². The minimum absolute atomic E-state index is 0.0353. The summed E-state index contributed by atoms with van der Waals surface area (Å²) in [6, 6.07) is 2.27. The lowest BCUT2D eigenvalue weighted by atomic mass is 9.85. The van der Waals surface area contributed by atoms with E-state index in [0.717, 1.165) is 13.0 Å². The molecule has 0 amide bonds. The molecule has 1 atom stereocenters. The van der Waals surface area contributed by atoms with E-state index in [-0.39, 0.29) is 11.6 Å². The van der Waals surface area contributed by atoms with Crippen LogP contribution in [0.3, 0.4) is 0 Å². The van der Waals surface area contributed by atoms with Gasteiger partial charge in [-0.1, -0.05) is 6.92 Å². The number of hydrogen-bond acceptors (Lipinski definition) is 4. The van der Waals surface area contributed by atoms with Gasteiger partial charge in [0, 0.05) is 17.3 Å². The fourth-order valence-corrected chi connectivity index (χ4v) is 3.44. The van der Waals surface area contributed by atoms with E-state index in [1.165, 1.54) is 37.1 Å². The molecule has 1 unspecified atom stereocenters. The van der Waals surface area contributed by atoms with Crippen LogP contribution in [0.4, 0.5) is 5.82 Å². The molecule has 1 aliphatic heterocycles. The molecule has 21 heavy (non-hydrogen) atoms. The minimum atomic E-state index is 0.0353. The van der Waals surface area contributed by atoms with Crippen molar-refractivity contribution in [1.82, 2.24) is 15.2 Å². The highest BCUT2D eigenvalue weighted by Crippen LogP contribution is 2.36. The predicted octanol–water partition coefficient (Wildman–Crippen LogP) is 2.89. The van der Waals surface area contributed by atoms with Crippen molar-refractivity contribution in [2.75, 3.05) is 25.4 Å². The van der Waals surface area contributed by atoms with Crippen LogP contribution in [0, 0.1) is 6.92 Å². The number of hydrogen-bond donors (Lipinski definition) is 2. The van der Waals surface area contributed by atoms with E-state index in [9.17, 15) is 0 Å². The lowest BCUT2D eigenvalue weighted by molar-refractivity contribution is 0.106. The van der Waals surface area contributed by atoms with Crippen LogP contribution in [0.1, 0.15) is 57.2 Å². The number of anilines is 1. The van der Waals surface area contributed by atoms with Gasteiger partial charge in [-0.25, -0.2) is 4.98 Å². The van der Waals surface area contributed by atoms with Crippen LogP contribution >= 0.6 is 0 Å². The molecule has 0 aliphatic carbocycles. The van der Waals surface area contributed by atoms with Gasteiger partial charge in [-0.15, -0.1) is 0 Å². The van der Waals surface area contributed by atoms with E-state index < -0.39 is 0 Å². The van der Waals surface area contributed by atoms with E-state index in [4.69, 9.17) is 5.73 Å². The topological polar surface area (TPSA) is 54.2 Å². The van der Waals surface area contributed by atoms with Crippen molar-refractivity contribution >= 4 is 5.82 Å². The molecule has 1 aromatic rings. The lowest BCUT2D eigenvalue weighted by Gasteiger charge is -2.43. The summed E-state index contributed by atoms with van der Waals surface area (Å²) in [4.78, 5) is 6.92. The van der Waals surface area contributed by atoms with Crippen molar-refractivity contribution in [3.8, 4) is 0 Å². The van der Waals surface area contributed by atoms with Gasteiger partial charge in [0.05, 0.1) is 6.04 Å². The molecule has 1 fully saturated rings. The van der Waals surface area contributed by atoms with E-state index in [2.05, 4.69) is 49.0 Å². The van der Waals surface area contributed by atoms with Gasteiger partial charge in [0.1, 0.15) is 5.82 Å². The summed E-state index contributed by atoms with van der Waals surface area (Å²) in [7, 11) is 0. The van der Waals surface area contributed by atoms with Crippen LogP contribution in [0.15, 0.2) is 12.3 Å². The standard InChI is InChI=1S/C17H30N4/c1-5-9-19-15(14-13(2)8-10-20-16(14)18)17(3,4)21-11-6-7-12-21/h8,10,15,19H,5-7,9,11-12H2,1-4H3,(H2,18,20). The van der Waals surface area contributed by atoms with Crippen LogP contribution < -0.4 is 11.1 Å². The Labute approximate surface area is 129 Å². The summed E-state index contributed by atoms with van der Waals surface area (Å²) in [6.07, 6.45) is 5.51. The van der Waals surface area contributed by atoms with Gasteiger partial charge in [-0.05, 0) is 71.3 Å². The first-order valence-corrected chi connectivity index (χ1v) is 8.18. The average Bonchev–Trinajstić information content (AvgIpc) is 2.96. The Hall–Kier alpha value is -1.13. The molecule has 0 bridgehead atoms. The second kappa shape index (κ2) is 6.75. The van der Waals surface area contributed by atoms with Gasteiger partial charge in [0.15, 0.2) is 0 Å². The maximum absolute atomic E-state index is 6.22. The number of rotatable bonds is 6. The monoisotopic (exact) mass is 290 g/mol. The van der Waals surface area contributed by atoms with E-state index in [1.807, 2.05) is 0 Å². The number of nitrogens with two attached hydrogens (primary N) is 1. The van der Waals surface area contributed by atoms with Crippen LogP contribution in [0.5, 0.6) is 0 Å². The van der Waals surface area contributed by atoms with Crippen molar-refractivity contribution in [3.63, 3.8) is 0 Å². The van der Waals surface area contributed by atoms with Crippen molar-refractivity contribution in [2.45, 2.75) is 58.5 Å². The van der Waals surface area contributed by atoms with Gasteiger partial charge >= 0.3 is 0 Å². The summed E-state index contributed by atoms with van der Waals surface area (Å²) in [6.45, 7) is 12.3. The van der Waals surface area contributed by atoms with Gasteiger partial charge < -0.3 is 11.1 Å². The lowest BCUT2D eigenvalue weighted by Crippen LogP contribution is -2.52. The first-order chi connectivity index (χ1) is 9.98. The van der Waals surface area contributed by atoms with Crippen LogP contribution in [0.2, 0.25) is 0 Å². The van der Waals surface area contributed by atoms with Crippen LogP contribution in [-0.4, -0.2) is 35.1 Å². The molecule has 0 spiro atoms. The molecule has 4 nitrogen and oxygen atoms in total. The average molecular weight is 290 g/mol. The fraction of sp³-hybridized carbons (Fsp3) is 0.706. The number of nitrogens with one attached hydrogen (secondary N) is 1. The van der Waals surface area contributed by atoms with Gasteiger partial charge in [0.2, 0.25) is 0 Å². The van der Waals surface area contributed by atoms with E-state index in [0.29, 0.717) is 5.82 Å². The molecule has 0 saturated carbocycles. The number of likely N-dealkylation sites (tertiary alicyclic amines) is 1. The molecule has 2 rings (SSSR count). The second-order valence-corrected chi connectivity index (χ2v) is 6.66. The highest BCUT2D eigenvalue weighted by Gasteiger charge is 2.38. The quantitative estimate of drug-likeness (QED) is 0.846. The zero-order chi connectivity index (χ0) is 15.5. The Bertz CT molecular complexity index is 444. The fourth-order valence-electron chi connectivity index (χ4n) is 3.44. The highest BCUT2D eigenvalue weighted by atomic mass is 15.2. The Morgan fingerprint density at radius 3 is 2.62 bits per heavy atom. The van der Waals surface area contributed by atoms with Crippen molar-refractivity contribution in [2.24, 2.45) is 0 Å². The Balaban J connectivity index is 2.37. The van der Waals surface area contributed by atoms with Gasteiger partial charge in [0.25, 0.3) is 0 Å². The Morgan fingerprint density at radius 2 is 2.05 bits per heavy atom. The normalized spacial score (nSPS) is 18.1. The summed E-state index contributed by atoms with van der Waals surface area (Å²) >= 11 is 0. The highest BCUT2D eigenvalue weighted by molar-refractivity contribution is 5.47. The number of pyridine rings is 1. The Kier molecular flexibility index (Phi) is 5.22. The third-order valence-electron chi connectivity index (χ3n) is 4.75. The van der Waals surface area contributed by atoms with Gasteiger partial charge in [-0.3, -0.25) is 4.90 Å². The molecule has 118 valence electrons. The zero-order valence-corrected chi connectivity index (χ0v) is 13.9. The first-order valence-electron chi connectivity index (χ1n) is 8.18. The number of nitrogens with zero attached hydrogens (tertiary/aromatic N) is 2. The van der Waals surface area contributed by atoms with Crippen molar-refractivity contribution in [1.29, 1.82) is 0 Å². The molecule has 1 saturated heterocycles. The second-order valence-electron chi connectivity index (χ2n) is 6.66. The molecule has 1 aromatic heterocycles. The maximum atomic E-state index is 6.22. The summed E-state index contributed by atoms with van der Waals surface area (Å²) in [5.41, 5.74) is 8.65. The third-order valence-corrected chi connectivity index (χ3v) is 4.75. The van der Waals surface area contributed by atoms with Gasteiger partial charge in [-0.2, -0.15) is 0 Å². The molecule has 4 heteroatoms. The smallest absolute Gasteiger partial charge is 0.128 e. The molecular formula is C17H30N4. The number of aryl methyl sites for hydroxylation is 1. The molecule has 1 aliphatic rings. The van der Waals surface area contributed by atoms with Crippen molar-refractivity contribution < 1.29 is 0 Å².